The molecule has 1 saturated carbocycles. The number of aromatic nitrogens is 2. The van der Waals surface area contributed by atoms with Crippen LogP contribution in [0.5, 0.6) is 11.5 Å². The third kappa shape index (κ3) is 5.85. The summed E-state index contributed by atoms with van der Waals surface area (Å²) >= 11 is 6.14. The van der Waals surface area contributed by atoms with E-state index >= 15 is 0 Å². The van der Waals surface area contributed by atoms with Crippen molar-refractivity contribution >= 4 is 33.0 Å². The van der Waals surface area contributed by atoms with E-state index < -0.39 is 10.0 Å². The number of nitrogens with zero attached hydrogens (tertiary/aromatic N) is 4. The molecule has 39 heavy (non-hydrogen) atoms. The summed E-state index contributed by atoms with van der Waals surface area (Å²) in [7, 11) is -2.14. The quantitative estimate of drug-likeness (QED) is 0.387. The van der Waals surface area contributed by atoms with Crippen LogP contribution in [-0.2, 0) is 15.8 Å². The van der Waals surface area contributed by atoms with Gasteiger partial charge in [-0.25, -0.2) is 8.42 Å². The molecule has 1 saturated heterocycles. The molecule has 0 atom stereocenters. The summed E-state index contributed by atoms with van der Waals surface area (Å²) < 4.78 is 40.6. The highest BCUT2D eigenvalue weighted by atomic mass is 35.5. The third-order valence-corrected chi connectivity index (χ3v) is 9.39. The summed E-state index contributed by atoms with van der Waals surface area (Å²) in [6.45, 7) is 3.81. The highest BCUT2D eigenvalue weighted by Crippen LogP contribution is 2.45. The van der Waals surface area contributed by atoms with Gasteiger partial charge in [0.25, 0.3) is 0 Å². The molecule has 0 spiro atoms. The van der Waals surface area contributed by atoms with Gasteiger partial charge in [0, 0.05) is 36.6 Å². The van der Waals surface area contributed by atoms with Crippen LogP contribution in [-0.4, -0.2) is 62.4 Å². The van der Waals surface area contributed by atoms with Gasteiger partial charge in [0.05, 0.1) is 37.0 Å². The first-order valence-corrected chi connectivity index (χ1v) is 14.7. The Morgan fingerprint density at radius 2 is 1.82 bits per heavy atom. The van der Waals surface area contributed by atoms with Gasteiger partial charge < -0.3 is 20.1 Å². The van der Waals surface area contributed by atoms with Crippen molar-refractivity contribution in [2.45, 2.75) is 25.5 Å². The highest BCUT2D eigenvalue weighted by Gasteiger charge is 2.39. The summed E-state index contributed by atoms with van der Waals surface area (Å²) in [4.78, 5) is 15.5. The van der Waals surface area contributed by atoms with Crippen molar-refractivity contribution in [3.8, 4) is 17.2 Å². The number of benzene rings is 2. The number of piperazine rings is 1. The summed E-state index contributed by atoms with van der Waals surface area (Å²) in [5.41, 5.74) is 7.68. The van der Waals surface area contributed by atoms with Crippen LogP contribution in [0.1, 0.15) is 25.3 Å². The van der Waals surface area contributed by atoms with E-state index in [4.69, 9.17) is 26.8 Å². The molecule has 0 amide bonds. The first-order valence-electron chi connectivity index (χ1n) is 12.8. The van der Waals surface area contributed by atoms with E-state index in [1.54, 1.807) is 48.7 Å². The number of para-hydroxylation sites is 1. The number of rotatable bonds is 9. The summed E-state index contributed by atoms with van der Waals surface area (Å²) in [6, 6.07) is 12.0. The second-order valence-electron chi connectivity index (χ2n) is 10.3. The fourth-order valence-electron chi connectivity index (χ4n) is 4.57. The summed E-state index contributed by atoms with van der Waals surface area (Å²) in [6.07, 6.45) is 3.70. The van der Waals surface area contributed by atoms with Gasteiger partial charge in [0.15, 0.2) is 0 Å². The van der Waals surface area contributed by atoms with Gasteiger partial charge in [0.2, 0.25) is 15.8 Å². The number of nitrogens with two attached hydrogens (primary N) is 1. The Kier molecular flexibility index (Phi) is 7.49. The molecule has 0 bridgehead atoms. The molecule has 5 rings (SSSR count). The van der Waals surface area contributed by atoms with Crippen molar-refractivity contribution in [3.05, 3.63) is 69.6 Å². The van der Waals surface area contributed by atoms with Gasteiger partial charge in [-0.15, -0.1) is 0 Å². The second kappa shape index (κ2) is 10.7. The zero-order valence-electron chi connectivity index (χ0n) is 22.0. The lowest BCUT2D eigenvalue weighted by atomic mass is 10.2. The molecule has 1 aliphatic heterocycles. The Morgan fingerprint density at radius 1 is 1.10 bits per heavy atom. The maximum absolute atomic E-state index is 13.6. The molecule has 2 fully saturated rings. The Bertz CT molecular complexity index is 1530. The maximum atomic E-state index is 13.6. The van der Waals surface area contributed by atoms with E-state index in [0.717, 1.165) is 12.8 Å². The zero-order valence-corrected chi connectivity index (χ0v) is 23.5. The predicted octanol–water partition coefficient (Wildman–Crippen LogP) is 3.31. The van der Waals surface area contributed by atoms with Crippen molar-refractivity contribution in [3.63, 3.8) is 0 Å². The van der Waals surface area contributed by atoms with Crippen molar-refractivity contribution in [2.24, 2.45) is 5.41 Å². The number of sulfonamides is 1. The van der Waals surface area contributed by atoms with E-state index in [9.17, 15) is 13.2 Å². The average molecular weight is 574 g/mol. The molecule has 2 heterocycles. The molecular weight excluding hydrogens is 542 g/mol. The van der Waals surface area contributed by atoms with Crippen molar-refractivity contribution in [1.29, 1.82) is 0 Å². The van der Waals surface area contributed by atoms with Crippen LogP contribution in [0, 0.1) is 5.41 Å². The van der Waals surface area contributed by atoms with Gasteiger partial charge in [-0.1, -0.05) is 36.7 Å². The van der Waals surface area contributed by atoms with Crippen LogP contribution >= 0.6 is 11.6 Å². The number of halogens is 1. The van der Waals surface area contributed by atoms with Crippen LogP contribution in [0.3, 0.4) is 0 Å². The number of nitrogen functional groups attached to an aromatic ring is 1. The molecule has 2 aromatic carbocycles. The van der Waals surface area contributed by atoms with Gasteiger partial charge in [-0.05, 0) is 42.7 Å². The Labute approximate surface area is 232 Å². The number of hydrogen-bond donors (Lipinski definition) is 1. The molecular formula is C27H32ClN5O5S. The number of methoxy groups -OCH3 is 1. The van der Waals surface area contributed by atoms with Crippen molar-refractivity contribution < 1.29 is 17.9 Å². The predicted molar refractivity (Wildman–Crippen MR) is 151 cm³/mol. The smallest absolute Gasteiger partial charge is 0.316 e. The number of hydrogen-bond acceptors (Lipinski definition) is 8. The van der Waals surface area contributed by atoms with Crippen LogP contribution in [0.25, 0.3) is 5.69 Å². The van der Waals surface area contributed by atoms with Crippen LogP contribution in [0.15, 0.2) is 53.5 Å². The third-order valence-electron chi connectivity index (χ3n) is 7.32. The molecule has 3 aromatic rings. The normalized spacial score (nSPS) is 17.2. The van der Waals surface area contributed by atoms with Crippen molar-refractivity contribution in [2.75, 3.05) is 50.5 Å². The Balaban J connectivity index is 1.36. The minimum Gasteiger partial charge on any atom is -0.495 e. The second-order valence-corrected chi connectivity index (χ2v) is 12.7. The molecule has 2 aliphatic rings. The first-order chi connectivity index (χ1) is 18.6. The highest BCUT2D eigenvalue weighted by molar-refractivity contribution is 7.88. The lowest BCUT2D eigenvalue weighted by Gasteiger charge is -2.36. The Hall–Kier alpha value is -3.28. The van der Waals surface area contributed by atoms with E-state index in [0.29, 0.717) is 53.1 Å². The van der Waals surface area contributed by atoms with Gasteiger partial charge in [0.1, 0.15) is 11.4 Å². The zero-order chi connectivity index (χ0) is 27.8. The molecule has 2 N–H and O–H groups in total. The minimum atomic E-state index is -3.63. The Morgan fingerprint density at radius 3 is 2.49 bits per heavy atom. The number of anilines is 2. The molecule has 0 unspecified atom stereocenters. The molecule has 10 nitrogen and oxygen atoms in total. The largest absolute Gasteiger partial charge is 0.495 e. The SMILES string of the molecule is COc1cccc(CS(=O)(=O)N2CCN(c3cnn(-c4cccc(Cl)c4)c(=O)c3OCC3(C)CC3)CC2)c1N. The van der Waals surface area contributed by atoms with Crippen LogP contribution in [0.2, 0.25) is 5.02 Å². The van der Waals surface area contributed by atoms with Gasteiger partial charge in [-0.2, -0.15) is 14.1 Å². The van der Waals surface area contributed by atoms with E-state index in [1.165, 1.54) is 16.1 Å². The lowest BCUT2D eigenvalue weighted by molar-refractivity contribution is 0.242. The molecule has 12 heteroatoms. The van der Waals surface area contributed by atoms with Gasteiger partial charge in [-0.3, -0.25) is 4.79 Å². The molecule has 0 radical (unpaired) electrons. The minimum absolute atomic E-state index is 0.0581. The summed E-state index contributed by atoms with van der Waals surface area (Å²) in [5.74, 6) is 0.430. The van der Waals surface area contributed by atoms with Crippen molar-refractivity contribution in [1.82, 2.24) is 14.1 Å². The van der Waals surface area contributed by atoms with E-state index in [1.807, 2.05) is 4.90 Å². The number of ether oxygens (including phenoxy) is 2. The standard InChI is InChI=1S/C27H32ClN5O5S/c1-27(9-10-27)18-38-25-22(16-30-33(26(25)34)21-7-4-6-20(28)15-21)31-11-13-32(14-12-31)39(35,36)17-19-5-3-8-23(37-2)24(19)29/h3-8,15-16H,9-14,17-18,29H2,1-2H3. The topological polar surface area (TPSA) is 120 Å². The van der Waals surface area contributed by atoms with Crippen LogP contribution < -0.4 is 25.7 Å². The maximum Gasteiger partial charge on any atom is 0.316 e. The van der Waals surface area contributed by atoms with Crippen LogP contribution in [0.4, 0.5) is 11.4 Å². The summed E-state index contributed by atoms with van der Waals surface area (Å²) in [5, 5.41) is 4.89. The monoisotopic (exact) mass is 573 g/mol. The van der Waals surface area contributed by atoms with E-state index in [-0.39, 0.29) is 35.6 Å². The average Bonchev–Trinajstić information content (AvgIpc) is 3.66. The lowest BCUT2D eigenvalue weighted by Crippen LogP contribution is -2.49. The first kappa shape index (κ1) is 27.3. The fraction of sp³-hybridized carbons (Fsp3) is 0.407. The molecule has 208 valence electrons. The van der Waals surface area contributed by atoms with E-state index in [2.05, 4.69) is 12.0 Å². The molecule has 1 aromatic heterocycles. The molecule has 1 aliphatic carbocycles. The fourth-order valence-corrected chi connectivity index (χ4v) is 6.31. The van der Waals surface area contributed by atoms with Gasteiger partial charge >= 0.3 is 5.56 Å².